The van der Waals surface area contributed by atoms with Gasteiger partial charge in [0.25, 0.3) is 0 Å². The third-order valence-corrected chi connectivity index (χ3v) is 5.16. The van der Waals surface area contributed by atoms with Crippen molar-refractivity contribution < 1.29 is 0 Å². The molecule has 0 saturated carbocycles. The van der Waals surface area contributed by atoms with E-state index in [1.807, 2.05) is 18.3 Å². The van der Waals surface area contributed by atoms with Gasteiger partial charge in [0.05, 0.1) is 5.69 Å². The third-order valence-electron chi connectivity index (χ3n) is 5.16. The average Bonchev–Trinajstić information content (AvgIpc) is 3.17. The van der Waals surface area contributed by atoms with E-state index in [2.05, 4.69) is 31.5 Å². The van der Waals surface area contributed by atoms with Gasteiger partial charge < -0.3 is 5.32 Å². The first-order valence-electron chi connectivity index (χ1n) is 8.21. The van der Waals surface area contributed by atoms with Gasteiger partial charge in [-0.3, -0.25) is 15.0 Å². The average molecular weight is 334 g/mol. The fraction of sp³-hybridized carbons (Fsp3) is 0.529. The van der Waals surface area contributed by atoms with Gasteiger partial charge in [-0.15, -0.1) is 12.4 Å². The molecule has 0 radical (unpaired) electrons. The van der Waals surface area contributed by atoms with Crippen LogP contribution in [-0.4, -0.2) is 46.3 Å². The zero-order valence-corrected chi connectivity index (χ0v) is 14.1. The number of nitrogens with one attached hydrogen (secondary N) is 2. The third kappa shape index (κ3) is 3.57. The van der Waals surface area contributed by atoms with Crippen LogP contribution in [0.25, 0.3) is 11.3 Å². The molecule has 2 aliphatic rings. The van der Waals surface area contributed by atoms with E-state index in [1.54, 1.807) is 6.20 Å². The molecule has 0 atom stereocenters. The Kier molecular flexibility index (Phi) is 4.99. The summed E-state index contributed by atoms with van der Waals surface area (Å²) in [6.07, 6.45) is 7.65. The van der Waals surface area contributed by atoms with Crippen LogP contribution in [0, 0.1) is 5.41 Å². The predicted molar refractivity (Wildman–Crippen MR) is 93.5 cm³/mol. The topological polar surface area (TPSA) is 56.8 Å². The fourth-order valence-electron chi connectivity index (χ4n) is 3.87. The number of aromatic nitrogens is 3. The number of pyridine rings is 1. The van der Waals surface area contributed by atoms with Gasteiger partial charge in [0.1, 0.15) is 0 Å². The second-order valence-corrected chi connectivity index (χ2v) is 6.73. The molecule has 124 valence electrons. The summed E-state index contributed by atoms with van der Waals surface area (Å²) in [4.78, 5) is 6.74. The summed E-state index contributed by atoms with van der Waals surface area (Å²) in [5, 5.41) is 11.1. The Bertz CT molecular complexity index is 621. The molecule has 0 bridgehead atoms. The largest absolute Gasteiger partial charge is 0.317 e. The first-order chi connectivity index (χ1) is 10.8. The molecule has 4 rings (SSSR count). The summed E-state index contributed by atoms with van der Waals surface area (Å²) in [5.74, 6) is 0. The Hall–Kier alpha value is -1.43. The lowest BCUT2D eigenvalue weighted by Gasteiger charge is -2.33. The lowest BCUT2D eigenvalue weighted by Crippen LogP contribution is -2.38. The normalized spacial score (nSPS) is 20.5. The summed E-state index contributed by atoms with van der Waals surface area (Å²) >= 11 is 0. The van der Waals surface area contributed by atoms with Crippen LogP contribution in [0.15, 0.2) is 30.6 Å². The molecule has 0 amide bonds. The highest BCUT2D eigenvalue weighted by Gasteiger charge is 2.38. The maximum absolute atomic E-state index is 4.43. The van der Waals surface area contributed by atoms with Gasteiger partial charge >= 0.3 is 0 Å². The number of hydrogen-bond acceptors (Lipinski definition) is 4. The standard InChI is InChI=1S/C17H23N5.ClH/c1-2-14(11-19-6-1)16-10-15(20-21-16)12-22-9-5-17(13-22)3-7-18-8-4-17;/h1-2,6,10-11,18H,3-5,7-9,12-13H2,(H,20,21);1H. The van der Waals surface area contributed by atoms with Crippen LogP contribution in [0.3, 0.4) is 0 Å². The van der Waals surface area contributed by atoms with Crippen LogP contribution in [0.2, 0.25) is 0 Å². The van der Waals surface area contributed by atoms with Crippen molar-refractivity contribution in [2.75, 3.05) is 26.2 Å². The monoisotopic (exact) mass is 333 g/mol. The minimum Gasteiger partial charge on any atom is -0.317 e. The molecular weight excluding hydrogens is 310 g/mol. The number of piperidine rings is 1. The molecule has 0 aliphatic carbocycles. The van der Waals surface area contributed by atoms with Crippen LogP contribution in [-0.2, 0) is 6.54 Å². The number of H-pyrrole nitrogens is 1. The van der Waals surface area contributed by atoms with Crippen LogP contribution < -0.4 is 5.32 Å². The molecule has 1 spiro atoms. The van der Waals surface area contributed by atoms with E-state index in [9.17, 15) is 0 Å². The Morgan fingerprint density at radius 2 is 2.09 bits per heavy atom. The first-order valence-corrected chi connectivity index (χ1v) is 8.21. The lowest BCUT2D eigenvalue weighted by atomic mass is 9.78. The van der Waals surface area contributed by atoms with Crippen molar-refractivity contribution in [1.29, 1.82) is 0 Å². The molecule has 0 unspecified atom stereocenters. The summed E-state index contributed by atoms with van der Waals surface area (Å²) in [5.41, 5.74) is 3.82. The number of halogens is 1. The molecule has 4 heterocycles. The molecule has 2 aromatic heterocycles. The molecule has 5 nitrogen and oxygen atoms in total. The van der Waals surface area contributed by atoms with Crippen LogP contribution >= 0.6 is 12.4 Å². The quantitative estimate of drug-likeness (QED) is 0.906. The van der Waals surface area contributed by atoms with Crippen molar-refractivity contribution in [3.63, 3.8) is 0 Å². The van der Waals surface area contributed by atoms with Crippen LogP contribution in [0.5, 0.6) is 0 Å². The predicted octanol–water partition coefficient (Wildman–Crippen LogP) is 2.47. The van der Waals surface area contributed by atoms with Gasteiger partial charge in [-0.25, -0.2) is 0 Å². The molecule has 2 fully saturated rings. The number of likely N-dealkylation sites (tertiary alicyclic amines) is 1. The van der Waals surface area contributed by atoms with Gasteiger partial charge in [0.15, 0.2) is 0 Å². The maximum atomic E-state index is 4.43. The van der Waals surface area contributed by atoms with E-state index in [0.717, 1.165) is 17.8 Å². The van der Waals surface area contributed by atoms with E-state index in [-0.39, 0.29) is 12.4 Å². The summed E-state index contributed by atoms with van der Waals surface area (Å²) in [7, 11) is 0. The van der Waals surface area contributed by atoms with Gasteiger partial charge in [-0.05, 0) is 62.5 Å². The van der Waals surface area contributed by atoms with Crippen LogP contribution in [0.1, 0.15) is 25.0 Å². The summed E-state index contributed by atoms with van der Waals surface area (Å²) in [6.45, 7) is 5.78. The number of rotatable bonds is 3. The van der Waals surface area contributed by atoms with E-state index in [1.165, 1.54) is 51.1 Å². The molecule has 2 N–H and O–H groups in total. The number of aromatic amines is 1. The Morgan fingerprint density at radius 3 is 2.87 bits per heavy atom. The van der Waals surface area contributed by atoms with E-state index >= 15 is 0 Å². The molecule has 2 saturated heterocycles. The Morgan fingerprint density at radius 1 is 1.22 bits per heavy atom. The summed E-state index contributed by atoms with van der Waals surface area (Å²) in [6, 6.07) is 6.16. The highest BCUT2D eigenvalue weighted by Crippen LogP contribution is 2.38. The highest BCUT2D eigenvalue weighted by atomic mass is 35.5. The number of hydrogen-bond donors (Lipinski definition) is 2. The molecule has 6 heteroatoms. The Labute approximate surface area is 143 Å². The zero-order chi connectivity index (χ0) is 14.8. The van der Waals surface area contributed by atoms with E-state index < -0.39 is 0 Å². The van der Waals surface area contributed by atoms with E-state index in [0.29, 0.717) is 5.41 Å². The van der Waals surface area contributed by atoms with Crippen molar-refractivity contribution in [2.24, 2.45) is 5.41 Å². The van der Waals surface area contributed by atoms with Crippen molar-refractivity contribution in [3.05, 3.63) is 36.3 Å². The van der Waals surface area contributed by atoms with Crippen molar-refractivity contribution >= 4 is 12.4 Å². The summed E-state index contributed by atoms with van der Waals surface area (Å²) < 4.78 is 0. The minimum absolute atomic E-state index is 0. The smallest absolute Gasteiger partial charge is 0.0939 e. The second kappa shape index (κ2) is 6.99. The van der Waals surface area contributed by atoms with Gasteiger partial charge in [-0.2, -0.15) is 5.10 Å². The minimum atomic E-state index is 0. The van der Waals surface area contributed by atoms with Gasteiger partial charge in [0, 0.05) is 36.7 Å². The molecular formula is C17H24ClN5. The Balaban J connectivity index is 0.00000156. The van der Waals surface area contributed by atoms with Crippen molar-refractivity contribution in [2.45, 2.75) is 25.8 Å². The van der Waals surface area contributed by atoms with Gasteiger partial charge in [0.2, 0.25) is 0 Å². The lowest BCUT2D eigenvalue weighted by molar-refractivity contribution is 0.193. The maximum Gasteiger partial charge on any atom is 0.0939 e. The van der Waals surface area contributed by atoms with Gasteiger partial charge in [-0.1, -0.05) is 0 Å². The molecule has 2 aliphatic heterocycles. The highest BCUT2D eigenvalue weighted by molar-refractivity contribution is 5.85. The van der Waals surface area contributed by atoms with Crippen LogP contribution in [0.4, 0.5) is 0 Å². The fourth-order valence-corrected chi connectivity index (χ4v) is 3.87. The second-order valence-electron chi connectivity index (χ2n) is 6.73. The van der Waals surface area contributed by atoms with Crippen molar-refractivity contribution in [3.8, 4) is 11.3 Å². The SMILES string of the molecule is Cl.c1cncc(-c2cc(CN3CCC4(CCNCC4)C3)[nH]n2)c1. The first kappa shape index (κ1) is 16.4. The molecule has 2 aromatic rings. The molecule has 23 heavy (non-hydrogen) atoms. The zero-order valence-electron chi connectivity index (χ0n) is 13.3. The van der Waals surface area contributed by atoms with Crippen molar-refractivity contribution in [1.82, 2.24) is 25.4 Å². The van der Waals surface area contributed by atoms with E-state index in [4.69, 9.17) is 0 Å². The molecule has 0 aromatic carbocycles. The number of nitrogens with zero attached hydrogens (tertiary/aromatic N) is 3.